The molecule has 39 heavy (non-hydrogen) atoms. The number of carbonyl (C=O) groups is 3. The minimum absolute atomic E-state index is 0.160. The molecule has 2 aliphatic rings. The highest BCUT2D eigenvalue weighted by Crippen LogP contribution is 2.42. The molecule has 1 saturated heterocycles. The second kappa shape index (κ2) is 11.3. The Morgan fingerprint density at radius 1 is 1.10 bits per heavy atom. The van der Waals surface area contributed by atoms with Gasteiger partial charge in [-0.15, -0.1) is 16.9 Å². The Morgan fingerprint density at radius 3 is 2.54 bits per heavy atom. The molecule has 202 valence electrons. The maximum atomic E-state index is 12.9. The molecule has 12 nitrogen and oxygen atoms in total. The van der Waals surface area contributed by atoms with Gasteiger partial charge in [-0.05, 0) is 40.8 Å². The van der Waals surface area contributed by atoms with Crippen LogP contribution in [-0.2, 0) is 20.9 Å². The van der Waals surface area contributed by atoms with Crippen molar-refractivity contribution in [1.29, 1.82) is 0 Å². The first-order valence-electron chi connectivity index (χ1n) is 11.2. The lowest BCUT2D eigenvalue weighted by molar-refractivity contribution is -0.150. The van der Waals surface area contributed by atoms with Gasteiger partial charge in [0.25, 0.3) is 5.91 Å². The molecule has 3 aromatic rings. The number of fused-ring (bicyclic) bond motifs is 1. The van der Waals surface area contributed by atoms with E-state index >= 15 is 0 Å². The van der Waals surface area contributed by atoms with Gasteiger partial charge in [0.1, 0.15) is 42.3 Å². The fraction of sp³-hybridized carbons (Fsp3) is 0.217. The number of β-lactam (4-membered cyclic amide) rings is 1. The van der Waals surface area contributed by atoms with Crippen LogP contribution in [0.15, 0.2) is 54.0 Å². The highest BCUT2D eigenvalue weighted by molar-refractivity contribution is 8.00. The van der Waals surface area contributed by atoms with Crippen molar-refractivity contribution in [2.75, 3.05) is 12.4 Å². The van der Waals surface area contributed by atoms with Gasteiger partial charge in [0, 0.05) is 27.4 Å². The van der Waals surface area contributed by atoms with Gasteiger partial charge in [-0.3, -0.25) is 14.5 Å². The Balaban J connectivity index is 1.30. The summed E-state index contributed by atoms with van der Waals surface area (Å²) in [7, 11) is 0. The van der Waals surface area contributed by atoms with Crippen LogP contribution < -0.4 is 14.8 Å². The molecule has 2 unspecified atom stereocenters. The number of tetrazole rings is 1. The van der Waals surface area contributed by atoms with E-state index < -0.39 is 29.2 Å². The first kappa shape index (κ1) is 27.1. The number of amides is 2. The zero-order valence-electron chi connectivity index (χ0n) is 19.6. The minimum Gasteiger partial charge on any atom is -0.485 e. The Bertz CT molecular complexity index is 1490. The van der Waals surface area contributed by atoms with Crippen LogP contribution in [0.2, 0.25) is 15.1 Å². The zero-order valence-corrected chi connectivity index (χ0v) is 22.7. The van der Waals surface area contributed by atoms with Gasteiger partial charge in [-0.2, -0.15) is 0 Å². The number of carboxylic acids is 1. The summed E-state index contributed by atoms with van der Waals surface area (Å²) < 4.78 is 13.0. The van der Waals surface area contributed by atoms with Crippen LogP contribution >= 0.6 is 46.6 Å². The molecule has 2 aromatic carbocycles. The number of ether oxygens (including phenoxy) is 2. The van der Waals surface area contributed by atoms with Crippen molar-refractivity contribution in [3.8, 4) is 17.2 Å². The van der Waals surface area contributed by atoms with E-state index in [9.17, 15) is 19.5 Å². The summed E-state index contributed by atoms with van der Waals surface area (Å²) in [5.74, 6) is -1.22. The third kappa shape index (κ3) is 5.76. The van der Waals surface area contributed by atoms with Crippen molar-refractivity contribution >= 4 is 64.3 Å². The molecule has 16 heteroatoms. The standard InChI is InChI=1S/C23H17Cl3N6O6S/c24-12-1-3-15(14(26)5-12)38-16-4-2-13(25)6-17(16)37-8-11-9-39-22-19(21(34)32(22)20(11)23(35)36)28-18(33)7-31-10-27-29-30-31/h1-6,10,19,22H,7-9H2,(H,28,33)(H,35,36). The fourth-order valence-corrected chi connectivity index (χ4v) is 5.87. The number of hydrogen-bond acceptors (Lipinski definition) is 9. The number of halogens is 3. The summed E-state index contributed by atoms with van der Waals surface area (Å²) in [6, 6.07) is 8.56. The zero-order chi connectivity index (χ0) is 27.7. The molecule has 0 saturated carbocycles. The molecule has 0 aliphatic carbocycles. The van der Waals surface area contributed by atoms with E-state index in [0.29, 0.717) is 21.4 Å². The number of carbonyl (C=O) groups excluding carboxylic acids is 2. The number of nitrogens with zero attached hydrogens (tertiary/aromatic N) is 5. The van der Waals surface area contributed by atoms with Gasteiger partial charge < -0.3 is 19.9 Å². The number of thioether (sulfide) groups is 1. The number of aliphatic carboxylic acids is 1. The van der Waals surface area contributed by atoms with Crippen LogP contribution in [0, 0.1) is 0 Å². The van der Waals surface area contributed by atoms with Crippen molar-refractivity contribution in [3.05, 3.63) is 69.1 Å². The minimum atomic E-state index is -1.29. The first-order chi connectivity index (χ1) is 18.7. The van der Waals surface area contributed by atoms with Crippen molar-refractivity contribution in [3.63, 3.8) is 0 Å². The van der Waals surface area contributed by atoms with E-state index in [-0.39, 0.29) is 41.1 Å². The van der Waals surface area contributed by atoms with Crippen LogP contribution in [0.5, 0.6) is 17.2 Å². The van der Waals surface area contributed by atoms with Crippen molar-refractivity contribution in [2.24, 2.45) is 0 Å². The van der Waals surface area contributed by atoms with Crippen LogP contribution in [0.1, 0.15) is 0 Å². The maximum absolute atomic E-state index is 12.9. The lowest BCUT2D eigenvalue weighted by Crippen LogP contribution is -2.70. The lowest BCUT2D eigenvalue weighted by atomic mass is 10.0. The second-order valence-corrected chi connectivity index (χ2v) is 10.7. The predicted molar refractivity (Wildman–Crippen MR) is 141 cm³/mol. The molecular weight excluding hydrogens is 595 g/mol. The summed E-state index contributed by atoms with van der Waals surface area (Å²) in [6.07, 6.45) is 1.27. The van der Waals surface area contributed by atoms with Crippen molar-refractivity contribution in [2.45, 2.75) is 18.0 Å². The Morgan fingerprint density at radius 2 is 1.85 bits per heavy atom. The molecule has 0 bridgehead atoms. The number of hydrogen-bond donors (Lipinski definition) is 2. The highest BCUT2D eigenvalue weighted by Gasteiger charge is 2.54. The number of carboxylic acid groups (broad SMARTS) is 1. The third-order valence-corrected chi connectivity index (χ3v) is 7.79. The van der Waals surface area contributed by atoms with Gasteiger partial charge in [0.15, 0.2) is 11.5 Å². The van der Waals surface area contributed by atoms with E-state index in [1.807, 2.05) is 0 Å². The van der Waals surface area contributed by atoms with E-state index in [1.54, 1.807) is 24.3 Å². The Hall–Kier alpha value is -3.52. The van der Waals surface area contributed by atoms with Crippen molar-refractivity contribution in [1.82, 2.24) is 30.4 Å². The fourth-order valence-electron chi connectivity index (χ4n) is 3.93. The monoisotopic (exact) mass is 610 g/mol. The van der Waals surface area contributed by atoms with E-state index in [0.717, 1.165) is 4.90 Å². The Labute approximate surface area is 239 Å². The van der Waals surface area contributed by atoms with Gasteiger partial charge >= 0.3 is 5.97 Å². The Kier molecular flexibility index (Phi) is 7.84. The van der Waals surface area contributed by atoms with Crippen LogP contribution in [-0.4, -0.2) is 71.8 Å². The van der Waals surface area contributed by atoms with E-state index in [4.69, 9.17) is 44.3 Å². The third-order valence-electron chi connectivity index (χ3n) is 5.68. The molecule has 0 radical (unpaired) electrons. The quantitative estimate of drug-likeness (QED) is 0.345. The summed E-state index contributed by atoms with van der Waals surface area (Å²) in [5, 5.41) is 23.6. The largest absolute Gasteiger partial charge is 0.485 e. The van der Waals surface area contributed by atoms with Crippen LogP contribution in [0.25, 0.3) is 0 Å². The molecular formula is C23H17Cl3N6O6S. The normalized spacial score (nSPS) is 18.3. The van der Waals surface area contributed by atoms with Crippen molar-refractivity contribution < 1.29 is 29.0 Å². The van der Waals surface area contributed by atoms with Crippen LogP contribution in [0.4, 0.5) is 0 Å². The number of rotatable bonds is 9. The summed E-state index contributed by atoms with van der Waals surface area (Å²) >= 11 is 19.6. The smallest absolute Gasteiger partial charge is 0.352 e. The molecule has 0 spiro atoms. The molecule has 2 aliphatic heterocycles. The molecule has 1 fully saturated rings. The second-order valence-electron chi connectivity index (χ2n) is 8.28. The van der Waals surface area contributed by atoms with E-state index in [1.165, 1.54) is 34.9 Å². The molecule has 3 heterocycles. The van der Waals surface area contributed by atoms with Gasteiger partial charge in [-0.25, -0.2) is 9.48 Å². The summed E-state index contributed by atoms with van der Waals surface area (Å²) in [5.41, 5.74) is 0.172. The summed E-state index contributed by atoms with van der Waals surface area (Å²) in [4.78, 5) is 38.5. The molecule has 2 N–H and O–H groups in total. The van der Waals surface area contributed by atoms with E-state index in [2.05, 4.69) is 20.8 Å². The number of nitrogens with one attached hydrogen (secondary N) is 1. The lowest BCUT2D eigenvalue weighted by Gasteiger charge is -2.49. The topological polar surface area (TPSA) is 149 Å². The first-order valence-corrected chi connectivity index (χ1v) is 13.3. The number of benzene rings is 2. The summed E-state index contributed by atoms with van der Waals surface area (Å²) in [6.45, 7) is -0.341. The van der Waals surface area contributed by atoms with Gasteiger partial charge in [0.2, 0.25) is 5.91 Å². The molecule has 5 rings (SSSR count). The molecule has 1 aromatic heterocycles. The molecule has 2 amide bonds. The highest BCUT2D eigenvalue weighted by atomic mass is 35.5. The SMILES string of the molecule is O=C(Cn1cnnn1)NC1C(=O)N2C(C(=O)O)=C(COc3cc(Cl)ccc3Oc3ccc(Cl)cc3Cl)CSC12. The predicted octanol–water partition coefficient (Wildman–Crippen LogP) is 3.24. The average molecular weight is 612 g/mol. The number of aromatic nitrogens is 4. The van der Waals surface area contributed by atoms with Crippen LogP contribution in [0.3, 0.4) is 0 Å². The maximum Gasteiger partial charge on any atom is 0.352 e. The van der Waals surface area contributed by atoms with Gasteiger partial charge in [-0.1, -0.05) is 34.8 Å². The average Bonchev–Trinajstić information content (AvgIpc) is 3.41. The van der Waals surface area contributed by atoms with Gasteiger partial charge in [0.05, 0.1) is 5.02 Å². The molecule has 2 atom stereocenters.